The van der Waals surface area contributed by atoms with E-state index in [0.717, 1.165) is 51.1 Å². The molecule has 5 heteroatoms. The van der Waals surface area contributed by atoms with Crippen molar-refractivity contribution < 1.29 is 9.53 Å². The zero-order valence-electron chi connectivity index (χ0n) is 19.6. The molecule has 1 N–H and O–H groups in total. The van der Waals surface area contributed by atoms with Crippen molar-refractivity contribution in [3.05, 3.63) is 100 Å². The van der Waals surface area contributed by atoms with Gasteiger partial charge in [0, 0.05) is 28.7 Å². The Bertz CT molecular complexity index is 1320. The van der Waals surface area contributed by atoms with E-state index >= 15 is 0 Å². The van der Waals surface area contributed by atoms with Crippen LogP contribution in [0.4, 0.5) is 0 Å². The number of aryl methyl sites for hydroxylation is 2. The molecule has 1 amide bonds. The number of hydrazone groups is 1. The molecular weight excluding hydrogens is 410 g/mol. The van der Waals surface area contributed by atoms with Crippen LogP contribution >= 0.6 is 0 Å². The number of carbonyl (C=O) groups is 1. The van der Waals surface area contributed by atoms with Gasteiger partial charge in [0.2, 0.25) is 0 Å². The molecule has 0 bridgehead atoms. The van der Waals surface area contributed by atoms with E-state index < -0.39 is 0 Å². The van der Waals surface area contributed by atoms with Gasteiger partial charge < -0.3 is 9.30 Å². The molecule has 0 radical (unpaired) electrons. The molecule has 168 valence electrons. The van der Waals surface area contributed by atoms with Gasteiger partial charge in [-0.15, -0.1) is 0 Å². The number of hydrogen-bond donors (Lipinski definition) is 1. The van der Waals surface area contributed by atoms with E-state index in [1.54, 1.807) is 6.21 Å². The number of nitrogens with zero attached hydrogens (tertiary/aromatic N) is 2. The maximum atomic E-state index is 12.4. The van der Waals surface area contributed by atoms with E-state index in [1.807, 2.05) is 45.0 Å². The van der Waals surface area contributed by atoms with Gasteiger partial charge in [-0.25, -0.2) is 5.43 Å². The van der Waals surface area contributed by atoms with Gasteiger partial charge in [0.15, 0.2) is 6.61 Å². The van der Waals surface area contributed by atoms with E-state index in [4.69, 9.17) is 4.74 Å². The highest BCUT2D eigenvalue weighted by Gasteiger charge is 2.13. The molecule has 4 rings (SSSR count). The Morgan fingerprint density at radius 2 is 1.64 bits per heavy atom. The second-order valence-corrected chi connectivity index (χ2v) is 8.32. The van der Waals surface area contributed by atoms with Crippen LogP contribution in [0.5, 0.6) is 5.75 Å². The largest absolute Gasteiger partial charge is 0.483 e. The summed E-state index contributed by atoms with van der Waals surface area (Å²) < 4.78 is 8.07. The summed E-state index contributed by atoms with van der Waals surface area (Å²) >= 11 is 0. The Labute approximate surface area is 194 Å². The average molecular weight is 440 g/mol. The van der Waals surface area contributed by atoms with Crippen LogP contribution in [0.3, 0.4) is 0 Å². The maximum Gasteiger partial charge on any atom is 0.277 e. The summed E-state index contributed by atoms with van der Waals surface area (Å²) in [5.74, 6) is 0.464. The monoisotopic (exact) mass is 439 g/mol. The minimum Gasteiger partial charge on any atom is -0.483 e. The van der Waals surface area contributed by atoms with E-state index in [0.29, 0.717) is 0 Å². The molecule has 0 atom stereocenters. The number of benzene rings is 3. The maximum absolute atomic E-state index is 12.4. The molecule has 0 saturated heterocycles. The molecule has 33 heavy (non-hydrogen) atoms. The van der Waals surface area contributed by atoms with Gasteiger partial charge >= 0.3 is 0 Å². The summed E-state index contributed by atoms with van der Waals surface area (Å²) in [7, 11) is 0. The molecule has 1 heterocycles. The van der Waals surface area contributed by atoms with Crippen LogP contribution in [0.2, 0.25) is 0 Å². The summed E-state index contributed by atoms with van der Waals surface area (Å²) in [6.07, 6.45) is 1.72. The molecule has 0 spiro atoms. The molecule has 0 fully saturated rings. The molecule has 0 unspecified atom stereocenters. The number of para-hydroxylation sites is 1. The fourth-order valence-corrected chi connectivity index (χ4v) is 4.08. The summed E-state index contributed by atoms with van der Waals surface area (Å²) in [5, 5.41) is 5.33. The van der Waals surface area contributed by atoms with Crippen LogP contribution in [-0.4, -0.2) is 23.3 Å². The van der Waals surface area contributed by atoms with Gasteiger partial charge in [0.25, 0.3) is 5.91 Å². The van der Waals surface area contributed by atoms with Crippen LogP contribution in [-0.2, 0) is 11.3 Å². The van der Waals surface area contributed by atoms with Crippen molar-refractivity contribution in [3.63, 3.8) is 0 Å². The highest BCUT2D eigenvalue weighted by atomic mass is 16.5. The van der Waals surface area contributed by atoms with Crippen molar-refractivity contribution in [2.75, 3.05) is 6.61 Å². The van der Waals surface area contributed by atoms with Crippen molar-refractivity contribution in [2.24, 2.45) is 5.10 Å². The highest BCUT2D eigenvalue weighted by molar-refractivity contribution is 6.01. The lowest BCUT2D eigenvalue weighted by atomic mass is 10.1. The van der Waals surface area contributed by atoms with Crippen molar-refractivity contribution in [2.45, 2.75) is 34.2 Å². The first-order valence-electron chi connectivity index (χ1n) is 11.1. The lowest BCUT2D eigenvalue weighted by Crippen LogP contribution is -2.25. The Morgan fingerprint density at radius 1 is 0.939 bits per heavy atom. The second kappa shape index (κ2) is 9.74. The minimum atomic E-state index is -0.294. The number of rotatable bonds is 7. The molecule has 3 aromatic carbocycles. The summed E-state index contributed by atoms with van der Waals surface area (Å²) in [6.45, 7) is 8.78. The second-order valence-electron chi connectivity index (χ2n) is 8.32. The van der Waals surface area contributed by atoms with Gasteiger partial charge in [-0.2, -0.15) is 5.10 Å². The van der Waals surface area contributed by atoms with Crippen LogP contribution in [0.25, 0.3) is 10.9 Å². The van der Waals surface area contributed by atoms with Gasteiger partial charge in [0.1, 0.15) is 5.75 Å². The quantitative estimate of drug-likeness (QED) is 0.307. The normalized spacial score (nSPS) is 11.3. The van der Waals surface area contributed by atoms with E-state index in [-0.39, 0.29) is 12.5 Å². The summed E-state index contributed by atoms with van der Waals surface area (Å²) in [6, 6.07) is 22.7. The topological polar surface area (TPSA) is 55.6 Å². The predicted octanol–water partition coefficient (Wildman–Crippen LogP) is 5.45. The average Bonchev–Trinajstić information content (AvgIpc) is 3.08. The molecular formula is C28H29N3O2. The molecule has 5 nitrogen and oxygen atoms in total. The SMILES string of the molecule is Cc1ccc(C)c(OCC(=O)N/N=C/c2c(C)n(Cc3ccccc3)c3ccccc23)c1C. The number of hydrogen-bond acceptors (Lipinski definition) is 3. The number of amides is 1. The predicted molar refractivity (Wildman–Crippen MR) is 134 cm³/mol. The van der Waals surface area contributed by atoms with Crippen LogP contribution in [0, 0.1) is 27.7 Å². The third-order valence-electron chi connectivity index (χ3n) is 6.07. The lowest BCUT2D eigenvalue weighted by Gasteiger charge is -2.13. The van der Waals surface area contributed by atoms with Crippen LogP contribution in [0.15, 0.2) is 71.8 Å². The molecule has 0 aliphatic carbocycles. The van der Waals surface area contributed by atoms with E-state index in [9.17, 15) is 4.79 Å². The van der Waals surface area contributed by atoms with Crippen LogP contribution < -0.4 is 10.2 Å². The highest BCUT2D eigenvalue weighted by Crippen LogP contribution is 2.26. The fourth-order valence-electron chi connectivity index (χ4n) is 4.08. The zero-order valence-corrected chi connectivity index (χ0v) is 19.6. The number of nitrogens with one attached hydrogen (secondary N) is 1. The van der Waals surface area contributed by atoms with Gasteiger partial charge in [-0.1, -0.05) is 60.7 Å². The Hall–Kier alpha value is -3.86. The standard InChI is InChI=1S/C28H29N3O2/c1-19-14-15-20(2)28(21(19)3)33-18-27(32)30-29-16-25-22(4)31(17-23-10-6-5-7-11-23)26-13-9-8-12-24(25)26/h5-16H,17-18H2,1-4H3,(H,30,32)/b29-16+. The summed E-state index contributed by atoms with van der Waals surface area (Å²) in [5.41, 5.74) is 10.3. The van der Waals surface area contributed by atoms with E-state index in [2.05, 4.69) is 64.5 Å². The minimum absolute atomic E-state index is 0.0861. The van der Waals surface area contributed by atoms with Crippen LogP contribution in [0.1, 0.15) is 33.5 Å². The van der Waals surface area contributed by atoms with Crippen molar-refractivity contribution >= 4 is 23.0 Å². The molecule has 0 aliphatic rings. The third-order valence-corrected chi connectivity index (χ3v) is 6.07. The number of carbonyl (C=O) groups excluding carboxylic acids is 1. The zero-order chi connectivity index (χ0) is 23.4. The smallest absolute Gasteiger partial charge is 0.277 e. The first kappa shape index (κ1) is 22.3. The molecule has 0 saturated carbocycles. The fraction of sp³-hybridized carbons (Fsp3) is 0.214. The molecule has 1 aromatic heterocycles. The Morgan fingerprint density at radius 3 is 2.42 bits per heavy atom. The lowest BCUT2D eigenvalue weighted by molar-refractivity contribution is -0.123. The van der Waals surface area contributed by atoms with Gasteiger partial charge in [-0.05, 0) is 56.0 Å². The number of fused-ring (bicyclic) bond motifs is 1. The van der Waals surface area contributed by atoms with Crippen molar-refractivity contribution in [1.82, 2.24) is 9.99 Å². The molecule has 4 aromatic rings. The Kier molecular flexibility index (Phi) is 6.59. The van der Waals surface area contributed by atoms with Crippen molar-refractivity contribution in [3.8, 4) is 5.75 Å². The summed E-state index contributed by atoms with van der Waals surface area (Å²) in [4.78, 5) is 12.4. The number of aromatic nitrogens is 1. The van der Waals surface area contributed by atoms with Gasteiger partial charge in [-0.3, -0.25) is 4.79 Å². The number of ether oxygens (including phenoxy) is 1. The van der Waals surface area contributed by atoms with E-state index in [1.165, 1.54) is 5.56 Å². The molecule has 0 aliphatic heterocycles. The van der Waals surface area contributed by atoms with Crippen molar-refractivity contribution in [1.29, 1.82) is 0 Å². The Balaban J connectivity index is 1.49. The third kappa shape index (κ3) is 4.82. The first-order valence-corrected chi connectivity index (χ1v) is 11.1. The van der Waals surface area contributed by atoms with Gasteiger partial charge in [0.05, 0.1) is 6.21 Å². The first-order chi connectivity index (χ1) is 16.0.